The summed E-state index contributed by atoms with van der Waals surface area (Å²) >= 11 is 0. The van der Waals surface area contributed by atoms with Gasteiger partial charge in [-0.25, -0.2) is 0 Å². The highest BCUT2D eigenvalue weighted by molar-refractivity contribution is 5.90. The molecule has 0 bridgehead atoms. The molecule has 2 aromatic carbocycles. The predicted octanol–water partition coefficient (Wildman–Crippen LogP) is 1.88. The van der Waals surface area contributed by atoms with Crippen LogP contribution in [0.1, 0.15) is 5.56 Å². The molecule has 0 aliphatic heterocycles. The van der Waals surface area contributed by atoms with E-state index in [1.54, 1.807) is 7.11 Å². The van der Waals surface area contributed by atoms with Crippen molar-refractivity contribution in [1.29, 1.82) is 0 Å². The molecule has 0 atom stereocenters. The number of methoxy groups -OCH3 is 1. The second-order valence-corrected chi connectivity index (χ2v) is 3.65. The van der Waals surface area contributed by atoms with Crippen LogP contribution in [0.2, 0.25) is 0 Å². The van der Waals surface area contributed by atoms with Crippen molar-refractivity contribution in [2.75, 3.05) is 7.11 Å². The quantitative estimate of drug-likeness (QED) is 0.849. The fourth-order valence-electron chi connectivity index (χ4n) is 1.79. The molecule has 1 amide bonds. The van der Waals surface area contributed by atoms with E-state index < -0.39 is 0 Å². The van der Waals surface area contributed by atoms with E-state index in [-0.39, 0.29) is 12.3 Å². The SMILES string of the molecule is COc1ccc2cccc(CC(N)=O)c2c1. The van der Waals surface area contributed by atoms with Gasteiger partial charge in [0.2, 0.25) is 5.91 Å². The van der Waals surface area contributed by atoms with Gasteiger partial charge in [-0.05, 0) is 28.5 Å². The molecule has 2 N–H and O–H groups in total. The topological polar surface area (TPSA) is 52.3 Å². The molecule has 2 rings (SSSR count). The third kappa shape index (κ3) is 1.98. The fourth-order valence-corrected chi connectivity index (χ4v) is 1.79. The summed E-state index contributed by atoms with van der Waals surface area (Å²) in [5.74, 6) is 0.458. The van der Waals surface area contributed by atoms with Gasteiger partial charge in [0.05, 0.1) is 13.5 Å². The molecule has 0 saturated carbocycles. The lowest BCUT2D eigenvalue weighted by Gasteiger charge is -2.06. The van der Waals surface area contributed by atoms with Crippen LogP contribution in [0.15, 0.2) is 36.4 Å². The molecule has 0 spiro atoms. The smallest absolute Gasteiger partial charge is 0.221 e. The Morgan fingerprint density at radius 2 is 2.12 bits per heavy atom. The first-order chi connectivity index (χ1) is 7.70. The van der Waals surface area contributed by atoms with E-state index >= 15 is 0 Å². The number of fused-ring (bicyclic) bond motifs is 1. The van der Waals surface area contributed by atoms with Gasteiger partial charge in [-0.1, -0.05) is 24.3 Å². The highest BCUT2D eigenvalue weighted by Gasteiger charge is 2.04. The van der Waals surface area contributed by atoms with Crippen LogP contribution in [-0.4, -0.2) is 13.0 Å². The monoisotopic (exact) mass is 215 g/mol. The summed E-state index contributed by atoms with van der Waals surface area (Å²) in [4.78, 5) is 11.0. The molecular formula is C13H13NO2. The molecule has 0 unspecified atom stereocenters. The molecule has 0 aliphatic rings. The van der Waals surface area contributed by atoms with E-state index in [0.717, 1.165) is 22.1 Å². The third-order valence-electron chi connectivity index (χ3n) is 2.54. The van der Waals surface area contributed by atoms with Gasteiger partial charge in [0.15, 0.2) is 0 Å². The van der Waals surface area contributed by atoms with E-state index in [1.165, 1.54) is 0 Å². The van der Waals surface area contributed by atoms with Crippen LogP contribution in [0.4, 0.5) is 0 Å². The lowest BCUT2D eigenvalue weighted by molar-refractivity contribution is -0.117. The van der Waals surface area contributed by atoms with Gasteiger partial charge >= 0.3 is 0 Å². The van der Waals surface area contributed by atoms with Gasteiger partial charge in [0.25, 0.3) is 0 Å². The fraction of sp³-hybridized carbons (Fsp3) is 0.154. The summed E-state index contributed by atoms with van der Waals surface area (Å²) in [6.45, 7) is 0. The Balaban J connectivity index is 2.59. The van der Waals surface area contributed by atoms with Gasteiger partial charge in [0.1, 0.15) is 5.75 Å². The van der Waals surface area contributed by atoms with Crippen LogP contribution >= 0.6 is 0 Å². The third-order valence-corrected chi connectivity index (χ3v) is 2.54. The summed E-state index contributed by atoms with van der Waals surface area (Å²) in [6.07, 6.45) is 0.254. The van der Waals surface area contributed by atoms with E-state index in [9.17, 15) is 4.79 Å². The number of hydrogen-bond donors (Lipinski definition) is 1. The number of nitrogens with two attached hydrogens (primary N) is 1. The number of ether oxygens (including phenoxy) is 1. The van der Waals surface area contributed by atoms with E-state index in [4.69, 9.17) is 10.5 Å². The summed E-state index contributed by atoms with van der Waals surface area (Å²) in [5, 5.41) is 2.10. The first-order valence-corrected chi connectivity index (χ1v) is 5.04. The molecule has 0 aliphatic carbocycles. The van der Waals surface area contributed by atoms with Gasteiger partial charge in [0, 0.05) is 0 Å². The molecule has 0 fully saturated rings. The highest BCUT2D eigenvalue weighted by atomic mass is 16.5. The average Bonchev–Trinajstić information content (AvgIpc) is 2.28. The van der Waals surface area contributed by atoms with Gasteiger partial charge in [-0.3, -0.25) is 4.79 Å². The second-order valence-electron chi connectivity index (χ2n) is 3.65. The Labute approximate surface area is 93.8 Å². The number of carbonyl (C=O) groups is 1. The highest BCUT2D eigenvalue weighted by Crippen LogP contribution is 2.24. The van der Waals surface area contributed by atoms with Crippen molar-refractivity contribution in [3.05, 3.63) is 42.0 Å². The Morgan fingerprint density at radius 1 is 1.31 bits per heavy atom. The van der Waals surface area contributed by atoms with Crippen LogP contribution in [-0.2, 0) is 11.2 Å². The van der Waals surface area contributed by atoms with Crippen LogP contribution in [0.3, 0.4) is 0 Å². The van der Waals surface area contributed by atoms with Crippen molar-refractivity contribution in [3.63, 3.8) is 0 Å². The molecule has 16 heavy (non-hydrogen) atoms. The molecule has 2 aromatic rings. The number of hydrogen-bond acceptors (Lipinski definition) is 2. The summed E-state index contributed by atoms with van der Waals surface area (Å²) in [5.41, 5.74) is 6.15. The standard InChI is InChI=1S/C13H13NO2/c1-16-11-6-5-9-3-2-4-10(7-13(14)15)12(9)8-11/h2-6,8H,7H2,1H3,(H2,14,15). The van der Waals surface area contributed by atoms with Gasteiger partial charge < -0.3 is 10.5 Å². The lowest BCUT2D eigenvalue weighted by Crippen LogP contribution is -2.13. The zero-order valence-electron chi connectivity index (χ0n) is 9.07. The molecule has 3 heteroatoms. The molecular weight excluding hydrogens is 202 g/mol. The van der Waals surface area contributed by atoms with E-state index in [2.05, 4.69) is 0 Å². The van der Waals surface area contributed by atoms with Gasteiger partial charge in [-0.15, -0.1) is 0 Å². The molecule has 0 aromatic heterocycles. The van der Waals surface area contributed by atoms with Crippen molar-refractivity contribution < 1.29 is 9.53 Å². The number of benzene rings is 2. The maximum Gasteiger partial charge on any atom is 0.221 e. The molecule has 0 saturated heterocycles. The number of rotatable bonds is 3. The lowest BCUT2D eigenvalue weighted by atomic mass is 10.0. The van der Waals surface area contributed by atoms with Crippen molar-refractivity contribution in [3.8, 4) is 5.75 Å². The molecule has 0 radical (unpaired) electrons. The number of primary amides is 1. The second kappa shape index (κ2) is 4.23. The molecule has 82 valence electrons. The van der Waals surface area contributed by atoms with Crippen molar-refractivity contribution in [2.45, 2.75) is 6.42 Å². The zero-order valence-corrected chi connectivity index (χ0v) is 9.07. The maximum atomic E-state index is 11.0. The normalized spacial score (nSPS) is 10.3. The minimum absolute atomic E-state index is 0.254. The number of amides is 1. The van der Waals surface area contributed by atoms with Crippen LogP contribution in [0.25, 0.3) is 10.8 Å². The minimum Gasteiger partial charge on any atom is -0.497 e. The van der Waals surface area contributed by atoms with Crippen molar-refractivity contribution in [1.82, 2.24) is 0 Å². The van der Waals surface area contributed by atoms with E-state index in [1.807, 2.05) is 36.4 Å². The molecule has 3 nitrogen and oxygen atoms in total. The first kappa shape index (κ1) is 10.5. The largest absolute Gasteiger partial charge is 0.497 e. The van der Waals surface area contributed by atoms with Crippen molar-refractivity contribution >= 4 is 16.7 Å². The first-order valence-electron chi connectivity index (χ1n) is 5.04. The van der Waals surface area contributed by atoms with Gasteiger partial charge in [-0.2, -0.15) is 0 Å². The van der Waals surface area contributed by atoms with Crippen LogP contribution in [0, 0.1) is 0 Å². The maximum absolute atomic E-state index is 11.0. The summed E-state index contributed by atoms with van der Waals surface area (Å²) < 4.78 is 5.17. The van der Waals surface area contributed by atoms with Crippen LogP contribution in [0.5, 0.6) is 5.75 Å². The Bertz CT molecular complexity index is 534. The predicted molar refractivity (Wildman–Crippen MR) is 63.4 cm³/mol. The van der Waals surface area contributed by atoms with Crippen molar-refractivity contribution in [2.24, 2.45) is 5.73 Å². The molecule has 0 heterocycles. The van der Waals surface area contributed by atoms with Crippen LogP contribution < -0.4 is 10.5 Å². The summed E-state index contributed by atoms with van der Waals surface area (Å²) in [6, 6.07) is 11.6. The zero-order chi connectivity index (χ0) is 11.5. The minimum atomic E-state index is -0.324. The Kier molecular flexibility index (Phi) is 2.77. The summed E-state index contributed by atoms with van der Waals surface area (Å²) in [7, 11) is 1.62. The average molecular weight is 215 g/mol. The number of carbonyl (C=O) groups excluding carboxylic acids is 1. The Morgan fingerprint density at radius 3 is 2.81 bits per heavy atom. The van der Waals surface area contributed by atoms with E-state index in [0.29, 0.717) is 0 Å². The Hall–Kier alpha value is -2.03.